The molecule has 1 amide bonds. The van der Waals surface area contributed by atoms with Gasteiger partial charge >= 0.3 is 5.97 Å². The van der Waals surface area contributed by atoms with Gasteiger partial charge in [-0.15, -0.1) is 0 Å². The number of nitrogens with one attached hydrogen (secondary N) is 1. The summed E-state index contributed by atoms with van der Waals surface area (Å²) < 4.78 is 10.1. The number of aliphatic hydroxyl groups is 1. The minimum absolute atomic E-state index is 0.316. The van der Waals surface area contributed by atoms with Crippen molar-refractivity contribution < 1.29 is 24.2 Å². The lowest BCUT2D eigenvalue weighted by molar-refractivity contribution is -0.147. The molecule has 0 saturated carbocycles. The summed E-state index contributed by atoms with van der Waals surface area (Å²) in [5.41, 5.74) is 0.316. The molecule has 1 rings (SSSR count). The van der Waals surface area contributed by atoms with Crippen molar-refractivity contribution in [2.24, 2.45) is 0 Å². The topological polar surface area (TPSA) is 109 Å². The summed E-state index contributed by atoms with van der Waals surface area (Å²) in [5.74, 6) is -0.741. The number of carbonyl (C=O) groups is 2. The largest absolute Gasteiger partial charge is 0.494 e. The van der Waals surface area contributed by atoms with Crippen molar-refractivity contribution in [2.45, 2.75) is 38.8 Å². The van der Waals surface area contributed by atoms with Crippen molar-refractivity contribution in [3.05, 3.63) is 29.8 Å². The van der Waals surface area contributed by atoms with Gasteiger partial charge in [0.2, 0.25) is 0 Å². The molecule has 130 valence electrons. The molecule has 1 aromatic carbocycles. The van der Waals surface area contributed by atoms with E-state index < -0.39 is 30.6 Å². The summed E-state index contributed by atoms with van der Waals surface area (Å²) in [4.78, 5) is 23.9. The minimum atomic E-state index is -1.24. The molecule has 7 nitrogen and oxygen atoms in total. The van der Waals surface area contributed by atoms with Crippen LogP contribution in [-0.2, 0) is 9.53 Å². The molecule has 0 unspecified atom stereocenters. The lowest BCUT2D eigenvalue weighted by atomic mass is 10.1. The number of rotatable bonds is 9. The van der Waals surface area contributed by atoms with Crippen LogP contribution in [0, 0.1) is 11.3 Å². The summed E-state index contributed by atoms with van der Waals surface area (Å²) in [6.07, 6.45) is 0.823. The molecular weight excluding hydrogens is 312 g/mol. The van der Waals surface area contributed by atoms with E-state index in [2.05, 4.69) is 17.0 Å². The SMILES string of the molecule is CCCCOc1ccc(C(=O)N[C@H](C(=O)OCC#N)[C@H](C)O)cc1. The fourth-order valence-electron chi connectivity index (χ4n) is 1.83. The van der Waals surface area contributed by atoms with Crippen molar-refractivity contribution in [3.63, 3.8) is 0 Å². The fourth-order valence-corrected chi connectivity index (χ4v) is 1.83. The van der Waals surface area contributed by atoms with Crippen LogP contribution in [0.25, 0.3) is 0 Å². The van der Waals surface area contributed by atoms with Crippen LogP contribution in [0.2, 0.25) is 0 Å². The van der Waals surface area contributed by atoms with Crippen molar-refractivity contribution >= 4 is 11.9 Å². The molecule has 0 heterocycles. The van der Waals surface area contributed by atoms with E-state index in [1.54, 1.807) is 30.3 Å². The van der Waals surface area contributed by atoms with Crippen molar-refractivity contribution in [1.82, 2.24) is 5.32 Å². The van der Waals surface area contributed by atoms with Crippen molar-refractivity contribution in [1.29, 1.82) is 5.26 Å². The van der Waals surface area contributed by atoms with Crippen LogP contribution in [0.15, 0.2) is 24.3 Å². The number of nitrogens with zero attached hydrogens (tertiary/aromatic N) is 1. The lowest BCUT2D eigenvalue weighted by Gasteiger charge is -2.19. The predicted molar refractivity (Wildman–Crippen MR) is 86.4 cm³/mol. The van der Waals surface area contributed by atoms with Crippen LogP contribution in [0.5, 0.6) is 5.75 Å². The second-order valence-electron chi connectivity index (χ2n) is 5.18. The van der Waals surface area contributed by atoms with Gasteiger partial charge < -0.3 is 19.9 Å². The molecule has 2 atom stereocenters. The first-order valence-corrected chi connectivity index (χ1v) is 7.75. The van der Waals surface area contributed by atoms with Gasteiger partial charge in [0.25, 0.3) is 5.91 Å². The number of unbranched alkanes of at least 4 members (excludes halogenated alkanes) is 1. The summed E-state index contributed by atoms with van der Waals surface area (Å²) in [6.45, 7) is 3.58. The number of hydrogen-bond donors (Lipinski definition) is 2. The lowest BCUT2D eigenvalue weighted by Crippen LogP contribution is -2.48. The third kappa shape index (κ3) is 6.26. The van der Waals surface area contributed by atoms with Gasteiger partial charge in [-0.1, -0.05) is 13.3 Å². The Hall–Kier alpha value is -2.59. The molecule has 0 aromatic heterocycles. The Morgan fingerprint density at radius 1 is 1.33 bits per heavy atom. The smallest absolute Gasteiger partial charge is 0.332 e. The van der Waals surface area contributed by atoms with E-state index in [0.29, 0.717) is 17.9 Å². The maximum absolute atomic E-state index is 12.2. The Morgan fingerprint density at radius 2 is 2.00 bits per heavy atom. The van der Waals surface area contributed by atoms with E-state index in [0.717, 1.165) is 12.8 Å². The summed E-state index contributed by atoms with van der Waals surface area (Å²) >= 11 is 0. The number of esters is 1. The second-order valence-corrected chi connectivity index (χ2v) is 5.18. The molecule has 0 spiro atoms. The molecule has 0 aliphatic carbocycles. The van der Waals surface area contributed by atoms with E-state index >= 15 is 0 Å². The Kier molecular flexibility index (Phi) is 8.30. The average molecular weight is 334 g/mol. The third-order valence-corrected chi connectivity index (χ3v) is 3.19. The monoisotopic (exact) mass is 334 g/mol. The molecule has 2 N–H and O–H groups in total. The summed E-state index contributed by atoms with van der Waals surface area (Å²) in [7, 11) is 0. The number of amides is 1. The number of aliphatic hydroxyl groups excluding tert-OH is 1. The first-order valence-electron chi connectivity index (χ1n) is 7.75. The van der Waals surface area contributed by atoms with Gasteiger partial charge in [-0.25, -0.2) is 4.79 Å². The zero-order chi connectivity index (χ0) is 17.9. The highest BCUT2D eigenvalue weighted by molar-refractivity contribution is 5.97. The molecule has 0 saturated heterocycles. The highest BCUT2D eigenvalue weighted by Gasteiger charge is 2.27. The molecular formula is C17H22N2O5. The normalized spacial score (nSPS) is 12.6. The predicted octanol–water partition coefficient (Wildman–Crippen LogP) is 1.41. The number of benzene rings is 1. The van der Waals surface area contributed by atoms with Gasteiger partial charge in [-0.3, -0.25) is 4.79 Å². The number of nitriles is 1. The molecule has 1 aromatic rings. The molecule has 0 bridgehead atoms. The van der Waals surface area contributed by atoms with Gasteiger partial charge in [0.1, 0.15) is 11.8 Å². The quantitative estimate of drug-likeness (QED) is 0.522. The first-order chi connectivity index (χ1) is 11.5. The Balaban J connectivity index is 2.67. The van der Waals surface area contributed by atoms with Gasteiger partial charge in [0, 0.05) is 5.56 Å². The molecule has 24 heavy (non-hydrogen) atoms. The van der Waals surface area contributed by atoms with Crippen LogP contribution < -0.4 is 10.1 Å². The van der Waals surface area contributed by atoms with Crippen LogP contribution in [0.3, 0.4) is 0 Å². The summed E-state index contributed by atoms with van der Waals surface area (Å²) in [5, 5.41) is 20.4. The van der Waals surface area contributed by atoms with E-state index in [1.807, 2.05) is 0 Å². The van der Waals surface area contributed by atoms with Crippen molar-refractivity contribution in [3.8, 4) is 11.8 Å². The zero-order valence-corrected chi connectivity index (χ0v) is 13.8. The molecule has 0 fully saturated rings. The van der Waals surface area contributed by atoms with Crippen LogP contribution in [0.4, 0.5) is 0 Å². The third-order valence-electron chi connectivity index (χ3n) is 3.19. The van der Waals surface area contributed by atoms with Gasteiger partial charge in [0.05, 0.1) is 12.7 Å². The zero-order valence-electron chi connectivity index (χ0n) is 13.8. The number of carbonyl (C=O) groups excluding carboxylic acids is 2. The first kappa shape index (κ1) is 19.5. The number of hydrogen-bond acceptors (Lipinski definition) is 6. The van der Waals surface area contributed by atoms with Gasteiger partial charge in [-0.2, -0.15) is 5.26 Å². The van der Waals surface area contributed by atoms with E-state index in [-0.39, 0.29) is 0 Å². The highest BCUT2D eigenvalue weighted by atomic mass is 16.5. The van der Waals surface area contributed by atoms with Crippen LogP contribution in [-0.4, -0.2) is 42.3 Å². The van der Waals surface area contributed by atoms with Crippen LogP contribution >= 0.6 is 0 Å². The van der Waals surface area contributed by atoms with E-state index in [1.165, 1.54) is 6.92 Å². The standard InChI is InChI=1S/C17H22N2O5/c1-3-4-10-23-14-7-5-13(6-8-14)16(21)19-15(12(2)20)17(22)24-11-9-18/h5-8,12,15,20H,3-4,10-11H2,1-2H3,(H,19,21)/t12-,15-/m0/s1. The molecule has 0 aliphatic heterocycles. The Labute approximate surface area is 141 Å². The number of ether oxygens (including phenoxy) is 2. The highest BCUT2D eigenvalue weighted by Crippen LogP contribution is 2.13. The second kappa shape index (κ2) is 10.2. The van der Waals surface area contributed by atoms with Gasteiger partial charge in [0.15, 0.2) is 12.6 Å². The molecule has 0 radical (unpaired) electrons. The minimum Gasteiger partial charge on any atom is -0.494 e. The Morgan fingerprint density at radius 3 is 2.54 bits per heavy atom. The van der Waals surface area contributed by atoms with Crippen LogP contribution in [0.1, 0.15) is 37.0 Å². The Bertz CT molecular complexity index is 578. The van der Waals surface area contributed by atoms with Gasteiger partial charge in [-0.05, 0) is 37.6 Å². The maximum atomic E-state index is 12.2. The van der Waals surface area contributed by atoms with E-state index in [9.17, 15) is 14.7 Å². The van der Waals surface area contributed by atoms with Crippen molar-refractivity contribution in [2.75, 3.05) is 13.2 Å². The molecule has 7 heteroatoms. The fraction of sp³-hybridized carbons (Fsp3) is 0.471. The maximum Gasteiger partial charge on any atom is 0.332 e. The summed E-state index contributed by atoms with van der Waals surface area (Å²) in [6, 6.07) is 6.87. The molecule has 0 aliphatic rings. The van der Waals surface area contributed by atoms with E-state index in [4.69, 9.17) is 10.00 Å². The average Bonchev–Trinajstić information content (AvgIpc) is 2.57.